The van der Waals surface area contributed by atoms with E-state index in [2.05, 4.69) is 24.2 Å². The minimum atomic E-state index is -0.108. The second kappa shape index (κ2) is 6.49. The summed E-state index contributed by atoms with van der Waals surface area (Å²) in [5.74, 6) is 0.611. The van der Waals surface area contributed by atoms with Crippen LogP contribution in [0.3, 0.4) is 0 Å². The molecule has 2 nitrogen and oxygen atoms in total. The molecule has 2 unspecified atom stereocenters. The highest BCUT2D eigenvalue weighted by Gasteiger charge is 2.18. The summed E-state index contributed by atoms with van der Waals surface area (Å²) in [6.07, 6.45) is 2.59. The van der Waals surface area contributed by atoms with E-state index >= 15 is 0 Å². The van der Waals surface area contributed by atoms with Gasteiger partial charge in [0.15, 0.2) is 0 Å². The Hall–Kier alpha value is -0.930. The number of benzene rings is 1. The summed E-state index contributed by atoms with van der Waals surface area (Å²) < 4.78 is 13.6. The first-order valence-electron chi connectivity index (χ1n) is 7.24. The van der Waals surface area contributed by atoms with Gasteiger partial charge in [0.2, 0.25) is 0 Å². The van der Waals surface area contributed by atoms with E-state index in [4.69, 9.17) is 0 Å². The molecule has 106 valence electrons. The molecular weight excluding hydrogens is 239 g/mol. The topological polar surface area (TPSA) is 15.3 Å². The summed E-state index contributed by atoms with van der Waals surface area (Å²) in [6, 6.07) is 5.74. The number of nitrogens with one attached hydrogen (secondary N) is 1. The van der Waals surface area contributed by atoms with E-state index in [0.717, 1.165) is 18.0 Å². The van der Waals surface area contributed by atoms with E-state index in [0.29, 0.717) is 5.56 Å². The van der Waals surface area contributed by atoms with Crippen LogP contribution in [0, 0.1) is 18.7 Å². The first-order chi connectivity index (χ1) is 9.06. The number of halogens is 1. The quantitative estimate of drug-likeness (QED) is 0.899. The molecule has 2 rings (SSSR count). The van der Waals surface area contributed by atoms with Crippen LogP contribution in [0.25, 0.3) is 0 Å². The zero-order valence-corrected chi connectivity index (χ0v) is 12.2. The summed E-state index contributed by atoms with van der Waals surface area (Å²) in [6.45, 7) is 7.31. The maximum absolute atomic E-state index is 13.6. The zero-order valence-electron chi connectivity index (χ0n) is 12.2. The number of aryl methyl sites for hydroxylation is 1. The van der Waals surface area contributed by atoms with Crippen molar-refractivity contribution >= 4 is 0 Å². The molecule has 3 heteroatoms. The number of hydrogen-bond acceptors (Lipinski definition) is 2. The standard InChI is InChI=1S/C16H25FN2/c1-12-6-7-15(9-16(12)17)13(2)18-10-14-5-4-8-19(3)11-14/h6-7,9,13-14,18H,4-5,8,10-11H2,1-3H3. The van der Waals surface area contributed by atoms with E-state index < -0.39 is 0 Å². The maximum Gasteiger partial charge on any atom is 0.126 e. The maximum atomic E-state index is 13.6. The van der Waals surface area contributed by atoms with Crippen molar-refractivity contribution in [3.05, 3.63) is 35.1 Å². The highest BCUT2D eigenvalue weighted by atomic mass is 19.1. The van der Waals surface area contributed by atoms with Gasteiger partial charge in [-0.15, -0.1) is 0 Å². The van der Waals surface area contributed by atoms with Gasteiger partial charge in [-0.1, -0.05) is 12.1 Å². The van der Waals surface area contributed by atoms with Crippen LogP contribution in [0.4, 0.5) is 4.39 Å². The van der Waals surface area contributed by atoms with Gasteiger partial charge in [-0.3, -0.25) is 0 Å². The molecule has 1 heterocycles. The van der Waals surface area contributed by atoms with Crippen LogP contribution >= 0.6 is 0 Å². The number of nitrogens with zero attached hydrogens (tertiary/aromatic N) is 1. The van der Waals surface area contributed by atoms with Crippen molar-refractivity contribution in [3.8, 4) is 0 Å². The monoisotopic (exact) mass is 264 g/mol. The minimum absolute atomic E-state index is 0.108. The third-order valence-electron chi connectivity index (χ3n) is 4.13. The summed E-state index contributed by atoms with van der Waals surface area (Å²) in [4.78, 5) is 2.39. The largest absolute Gasteiger partial charge is 0.310 e. The SMILES string of the molecule is Cc1ccc(C(C)NCC2CCCN(C)C2)cc1F. The van der Waals surface area contributed by atoms with Crippen molar-refractivity contribution in [1.29, 1.82) is 0 Å². The van der Waals surface area contributed by atoms with Gasteiger partial charge in [-0.2, -0.15) is 0 Å². The lowest BCUT2D eigenvalue weighted by atomic mass is 9.97. The van der Waals surface area contributed by atoms with Gasteiger partial charge in [0.1, 0.15) is 5.82 Å². The zero-order chi connectivity index (χ0) is 13.8. The number of likely N-dealkylation sites (tertiary alicyclic amines) is 1. The molecule has 19 heavy (non-hydrogen) atoms. The third-order valence-corrected chi connectivity index (χ3v) is 4.13. The fraction of sp³-hybridized carbons (Fsp3) is 0.625. The Balaban J connectivity index is 1.86. The summed E-state index contributed by atoms with van der Waals surface area (Å²) >= 11 is 0. The Morgan fingerprint density at radius 2 is 2.26 bits per heavy atom. The fourth-order valence-electron chi connectivity index (χ4n) is 2.78. The average molecular weight is 264 g/mol. The van der Waals surface area contributed by atoms with Crippen LogP contribution in [0.15, 0.2) is 18.2 Å². The van der Waals surface area contributed by atoms with Gasteiger partial charge in [-0.05, 0) is 69.9 Å². The lowest BCUT2D eigenvalue weighted by molar-refractivity contribution is 0.203. The van der Waals surface area contributed by atoms with Crippen LogP contribution in [-0.4, -0.2) is 31.6 Å². The number of hydrogen-bond donors (Lipinski definition) is 1. The van der Waals surface area contributed by atoms with Gasteiger partial charge >= 0.3 is 0 Å². The summed E-state index contributed by atoms with van der Waals surface area (Å²) in [5, 5.41) is 3.54. The number of piperidine rings is 1. The Morgan fingerprint density at radius 1 is 1.47 bits per heavy atom. The van der Waals surface area contributed by atoms with Crippen molar-refractivity contribution in [2.45, 2.75) is 32.7 Å². The van der Waals surface area contributed by atoms with Crippen LogP contribution in [0.5, 0.6) is 0 Å². The van der Waals surface area contributed by atoms with E-state index in [1.807, 2.05) is 12.1 Å². The second-order valence-electron chi connectivity index (χ2n) is 5.91. The molecule has 1 aliphatic heterocycles. The van der Waals surface area contributed by atoms with Crippen LogP contribution in [0.2, 0.25) is 0 Å². The molecule has 1 fully saturated rings. The van der Waals surface area contributed by atoms with Crippen LogP contribution in [0.1, 0.15) is 36.9 Å². The van der Waals surface area contributed by atoms with Crippen molar-refractivity contribution < 1.29 is 4.39 Å². The molecule has 2 atom stereocenters. The Morgan fingerprint density at radius 3 is 2.95 bits per heavy atom. The van der Waals surface area contributed by atoms with Gasteiger partial charge in [0.05, 0.1) is 0 Å². The van der Waals surface area contributed by atoms with E-state index in [-0.39, 0.29) is 11.9 Å². The first-order valence-corrected chi connectivity index (χ1v) is 7.24. The smallest absolute Gasteiger partial charge is 0.126 e. The van der Waals surface area contributed by atoms with Gasteiger partial charge in [0, 0.05) is 12.6 Å². The molecule has 0 amide bonds. The minimum Gasteiger partial charge on any atom is -0.310 e. The lowest BCUT2D eigenvalue weighted by Crippen LogP contribution is -2.37. The number of rotatable bonds is 4. The molecule has 0 bridgehead atoms. The molecule has 0 radical (unpaired) electrons. The second-order valence-corrected chi connectivity index (χ2v) is 5.91. The van der Waals surface area contributed by atoms with E-state index in [9.17, 15) is 4.39 Å². The highest BCUT2D eigenvalue weighted by Crippen LogP contribution is 2.18. The Labute approximate surface area is 116 Å². The molecule has 1 aromatic carbocycles. The molecule has 1 saturated heterocycles. The van der Waals surface area contributed by atoms with Crippen LogP contribution < -0.4 is 5.32 Å². The third kappa shape index (κ3) is 4.02. The Kier molecular flexibility index (Phi) is 4.94. The molecule has 1 aromatic rings. The van der Waals surface area contributed by atoms with Crippen molar-refractivity contribution in [3.63, 3.8) is 0 Å². The molecule has 0 spiro atoms. The Bertz CT molecular complexity index is 419. The van der Waals surface area contributed by atoms with Gasteiger partial charge in [-0.25, -0.2) is 4.39 Å². The van der Waals surface area contributed by atoms with Crippen molar-refractivity contribution in [2.75, 3.05) is 26.7 Å². The van der Waals surface area contributed by atoms with Crippen LogP contribution in [-0.2, 0) is 0 Å². The molecule has 0 aliphatic carbocycles. The predicted molar refractivity (Wildman–Crippen MR) is 77.8 cm³/mol. The molecule has 1 N–H and O–H groups in total. The predicted octanol–water partition coefficient (Wildman–Crippen LogP) is 3.13. The summed E-state index contributed by atoms with van der Waals surface area (Å²) in [7, 11) is 2.19. The first kappa shape index (κ1) is 14.5. The highest BCUT2D eigenvalue weighted by molar-refractivity contribution is 5.25. The van der Waals surface area contributed by atoms with Crippen molar-refractivity contribution in [1.82, 2.24) is 10.2 Å². The normalized spacial score (nSPS) is 22.4. The van der Waals surface area contributed by atoms with Gasteiger partial charge < -0.3 is 10.2 Å². The lowest BCUT2D eigenvalue weighted by Gasteiger charge is -2.30. The van der Waals surface area contributed by atoms with Crippen molar-refractivity contribution in [2.24, 2.45) is 5.92 Å². The molecule has 0 saturated carbocycles. The summed E-state index contributed by atoms with van der Waals surface area (Å²) in [5.41, 5.74) is 1.75. The average Bonchev–Trinajstić information content (AvgIpc) is 2.39. The van der Waals surface area contributed by atoms with E-state index in [1.165, 1.54) is 25.9 Å². The molecular formula is C16H25FN2. The van der Waals surface area contributed by atoms with E-state index in [1.54, 1.807) is 13.0 Å². The molecule has 0 aromatic heterocycles. The fourth-order valence-corrected chi connectivity index (χ4v) is 2.78. The van der Waals surface area contributed by atoms with Gasteiger partial charge in [0.25, 0.3) is 0 Å². The molecule has 1 aliphatic rings.